The highest BCUT2D eigenvalue weighted by atomic mass is 16.5. The van der Waals surface area contributed by atoms with Crippen molar-refractivity contribution in [2.75, 3.05) is 7.11 Å². The zero-order chi connectivity index (χ0) is 18.9. The van der Waals surface area contributed by atoms with Crippen molar-refractivity contribution >= 4 is 0 Å². The highest BCUT2D eigenvalue weighted by Gasteiger charge is 2.25. The highest BCUT2D eigenvalue weighted by molar-refractivity contribution is 5.77. The molecule has 0 spiro atoms. The number of aryl methyl sites for hydroxylation is 1. The Hall–Kier alpha value is -3.27. The molecule has 2 aromatic carbocycles. The van der Waals surface area contributed by atoms with Gasteiger partial charge in [-0.3, -0.25) is 0 Å². The minimum atomic E-state index is 0.776. The van der Waals surface area contributed by atoms with Gasteiger partial charge in [0.1, 0.15) is 5.75 Å². The molecule has 0 atom stereocenters. The van der Waals surface area contributed by atoms with Crippen molar-refractivity contribution in [3.8, 4) is 28.3 Å². The molecule has 1 aliphatic carbocycles. The van der Waals surface area contributed by atoms with Crippen molar-refractivity contribution in [1.82, 2.24) is 9.72 Å². The molecule has 2 heterocycles. The van der Waals surface area contributed by atoms with E-state index in [-0.39, 0.29) is 0 Å². The number of hydrogen-bond donors (Lipinski definition) is 0. The molecule has 0 saturated carbocycles. The van der Waals surface area contributed by atoms with Crippen LogP contribution in [-0.4, -0.2) is 16.8 Å². The van der Waals surface area contributed by atoms with Gasteiger partial charge in [-0.05, 0) is 48.1 Å². The first-order valence-corrected chi connectivity index (χ1v) is 9.68. The number of aromatic nitrogens is 2. The lowest BCUT2D eigenvalue weighted by molar-refractivity contribution is 0.414. The predicted molar refractivity (Wildman–Crippen MR) is 109 cm³/mol. The second-order valence-corrected chi connectivity index (χ2v) is 7.25. The Morgan fingerprint density at radius 1 is 1.07 bits per heavy atom. The number of nitrogens with zero attached hydrogens (tertiary/aromatic N) is 2. The molecule has 0 bridgehead atoms. The molecule has 0 saturated heterocycles. The van der Waals surface area contributed by atoms with Gasteiger partial charge >= 0.3 is 0 Å². The zero-order valence-electron chi connectivity index (χ0n) is 15.9. The molecular weight excluding hydrogens is 348 g/mol. The lowest BCUT2D eigenvalue weighted by atomic mass is 10.0. The van der Waals surface area contributed by atoms with Crippen LogP contribution in [0, 0.1) is 0 Å². The van der Waals surface area contributed by atoms with Gasteiger partial charge in [-0.25, -0.2) is 0 Å². The molecule has 5 rings (SSSR count). The van der Waals surface area contributed by atoms with E-state index < -0.39 is 0 Å². The van der Waals surface area contributed by atoms with Gasteiger partial charge in [-0.1, -0.05) is 47.6 Å². The lowest BCUT2D eigenvalue weighted by Gasteiger charge is -2.13. The fourth-order valence-electron chi connectivity index (χ4n) is 4.19. The number of ether oxygens (including phenoxy) is 1. The van der Waals surface area contributed by atoms with E-state index in [1.54, 1.807) is 7.11 Å². The van der Waals surface area contributed by atoms with Crippen LogP contribution < -0.4 is 4.74 Å². The van der Waals surface area contributed by atoms with Crippen LogP contribution in [0.4, 0.5) is 0 Å². The monoisotopic (exact) mass is 370 g/mol. The van der Waals surface area contributed by atoms with E-state index in [2.05, 4.69) is 58.4 Å². The van der Waals surface area contributed by atoms with E-state index in [1.165, 1.54) is 33.5 Å². The third-order valence-electron chi connectivity index (χ3n) is 5.48. The van der Waals surface area contributed by atoms with Crippen LogP contribution in [0.25, 0.3) is 22.6 Å². The van der Waals surface area contributed by atoms with E-state index in [9.17, 15) is 0 Å². The number of benzene rings is 2. The van der Waals surface area contributed by atoms with Gasteiger partial charge in [0.2, 0.25) is 0 Å². The molecule has 140 valence electrons. The fraction of sp³-hybridized carbons (Fsp3) is 0.208. The third-order valence-corrected chi connectivity index (χ3v) is 5.48. The first-order valence-electron chi connectivity index (χ1n) is 9.68. The summed E-state index contributed by atoms with van der Waals surface area (Å²) in [5.41, 5.74) is 7.44. The molecule has 0 aliphatic heterocycles. The Balaban J connectivity index is 1.68. The van der Waals surface area contributed by atoms with Crippen molar-refractivity contribution in [3.05, 3.63) is 83.7 Å². The summed E-state index contributed by atoms with van der Waals surface area (Å²) in [6, 6.07) is 18.9. The number of hydrogen-bond acceptors (Lipinski definition) is 3. The Labute approximate surface area is 164 Å². The Bertz CT molecular complexity index is 1110. The number of rotatable bonds is 4. The molecule has 28 heavy (non-hydrogen) atoms. The third kappa shape index (κ3) is 2.91. The molecule has 0 N–H and O–H groups in total. The van der Waals surface area contributed by atoms with Gasteiger partial charge in [0.15, 0.2) is 5.76 Å². The summed E-state index contributed by atoms with van der Waals surface area (Å²) in [5, 5.41) is 4.06. The minimum absolute atomic E-state index is 0.776. The first kappa shape index (κ1) is 16.9. The second-order valence-electron chi connectivity index (χ2n) is 7.25. The van der Waals surface area contributed by atoms with Crippen molar-refractivity contribution < 1.29 is 9.26 Å². The zero-order valence-corrected chi connectivity index (χ0v) is 15.9. The Morgan fingerprint density at radius 2 is 1.96 bits per heavy atom. The maximum Gasteiger partial charge on any atom is 0.171 e. The Morgan fingerprint density at radius 3 is 2.82 bits per heavy atom. The summed E-state index contributed by atoms with van der Waals surface area (Å²) in [5.74, 6) is 1.80. The summed E-state index contributed by atoms with van der Waals surface area (Å²) in [6.07, 6.45) is 7.25. The van der Waals surface area contributed by atoms with Crippen LogP contribution in [0.15, 0.2) is 71.5 Å². The minimum Gasteiger partial charge on any atom is -0.497 e. The van der Waals surface area contributed by atoms with Gasteiger partial charge in [0.05, 0.1) is 19.0 Å². The lowest BCUT2D eigenvalue weighted by Crippen LogP contribution is -2.02. The van der Waals surface area contributed by atoms with Crippen molar-refractivity contribution in [3.63, 3.8) is 0 Å². The molecular formula is C24H22N2O2. The van der Waals surface area contributed by atoms with Gasteiger partial charge < -0.3 is 13.8 Å². The summed E-state index contributed by atoms with van der Waals surface area (Å²) in [7, 11) is 1.71. The smallest absolute Gasteiger partial charge is 0.171 e. The molecule has 4 heteroatoms. The van der Waals surface area contributed by atoms with Crippen molar-refractivity contribution in [2.24, 2.45) is 0 Å². The predicted octanol–water partition coefficient (Wildman–Crippen LogP) is 5.36. The van der Waals surface area contributed by atoms with Gasteiger partial charge in [-0.15, -0.1) is 0 Å². The summed E-state index contributed by atoms with van der Waals surface area (Å²) < 4.78 is 13.4. The number of methoxy groups -OCH3 is 1. The van der Waals surface area contributed by atoms with Crippen LogP contribution in [0.2, 0.25) is 0 Å². The first-order chi connectivity index (χ1) is 13.8. The summed E-state index contributed by atoms with van der Waals surface area (Å²) in [6.45, 7) is 0.776. The Kier molecular flexibility index (Phi) is 4.24. The molecule has 0 fully saturated rings. The molecule has 1 aliphatic rings. The van der Waals surface area contributed by atoms with Crippen molar-refractivity contribution in [1.29, 1.82) is 0 Å². The van der Waals surface area contributed by atoms with Crippen LogP contribution in [0.5, 0.6) is 5.75 Å². The van der Waals surface area contributed by atoms with E-state index in [0.29, 0.717) is 0 Å². The molecule has 0 radical (unpaired) electrons. The molecule has 4 nitrogen and oxygen atoms in total. The molecule has 0 unspecified atom stereocenters. The molecule has 4 aromatic rings. The second kappa shape index (κ2) is 7.04. The maximum atomic E-state index is 5.67. The van der Waals surface area contributed by atoms with E-state index in [1.807, 2.05) is 18.3 Å². The quantitative estimate of drug-likeness (QED) is 0.486. The topological polar surface area (TPSA) is 40.2 Å². The largest absolute Gasteiger partial charge is 0.497 e. The maximum absolute atomic E-state index is 5.67. The van der Waals surface area contributed by atoms with E-state index >= 15 is 0 Å². The van der Waals surface area contributed by atoms with Gasteiger partial charge in [0, 0.05) is 23.9 Å². The molecule has 0 amide bonds. The normalized spacial score (nSPS) is 12.9. The van der Waals surface area contributed by atoms with E-state index in [4.69, 9.17) is 9.26 Å². The fourth-order valence-corrected chi connectivity index (χ4v) is 4.19. The molecule has 2 aromatic heterocycles. The summed E-state index contributed by atoms with van der Waals surface area (Å²) in [4.78, 5) is 0. The summed E-state index contributed by atoms with van der Waals surface area (Å²) >= 11 is 0. The van der Waals surface area contributed by atoms with Crippen LogP contribution in [0.3, 0.4) is 0 Å². The van der Waals surface area contributed by atoms with E-state index in [0.717, 1.165) is 37.3 Å². The SMILES string of the molecule is COc1cccc(Cn2cc3c(c2-c2ccccc2)CCCc2cnoc2-3)c1. The average molecular weight is 370 g/mol. The van der Waals surface area contributed by atoms with Crippen molar-refractivity contribution in [2.45, 2.75) is 25.8 Å². The van der Waals surface area contributed by atoms with Gasteiger partial charge in [0.25, 0.3) is 0 Å². The van der Waals surface area contributed by atoms with Gasteiger partial charge in [-0.2, -0.15) is 0 Å². The highest BCUT2D eigenvalue weighted by Crippen LogP contribution is 2.40. The average Bonchev–Trinajstić information content (AvgIpc) is 3.30. The van der Waals surface area contributed by atoms with Crippen LogP contribution >= 0.6 is 0 Å². The van der Waals surface area contributed by atoms with Crippen LogP contribution in [0.1, 0.15) is 23.1 Å². The standard InChI is InChI=1S/C24H22N2O2/c1-27-20-11-5-7-17(13-20)15-26-16-22-21(23(26)18-8-3-2-4-9-18)12-6-10-19-14-25-28-24(19)22/h2-5,7-9,11,13-14,16H,6,10,12,15H2,1H3. The van der Waals surface area contributed by atoms with Crippen LogP contribution in [-0.2, 0) is 19.4 Å². The number of fused-ring (bicyclic) bond motifs is 3.